The van der Waals surface area contributed by atoms with E-state index in [0.29, 0.717) is 6.42 Å². The Bertz CT molecular complexity index is 399. The van der Waals surface area contributed by atoms with Gasteiger partial charge in [-0.2, -0.15) is 0 Å². The van der Waals surface area contributed by atoms with Crippen LogP contribution in [0.1, 0.15) is 30.1 Å². The molecule has 0 aliphatic carbocycles. The van der Waals surface area contributed by atoms with Crippen molar-refractivity contribution >= 4 is 44.3 Å². The monoisotopic (exact) mass is 378 g/mol. The molecule has 0 aromatic heterocycles. The normalized spacial score (nSPS) is 10.1. The van der Waals surface area contributed by atoms with Crippen LogP contribution < -0.4 is 0 Å². The van der Waals surface area contributed by atoms with Gasteiger partial charge < -0.3 is 0 Å². The summed E-state index contributed by atoms with van der Waals surface area (Å²) in [7, 11) is 0. The van der Waals surface area contributed by atoms with E-state index in [1.165, 1.54) is 0 Å². The summed E-state index contributed by atoms with van der Waals surface area (Å²) in [5.74, 6) is 0.132. The van der Waals surface area contributed by atoms with Gasteiger partial charge in [-0.3, -0.25) is 4.79 Å². The van der Waals surface area contributed by atoms with Crippen molar-refractivity contribution in [3.05, 3.63) is 44.0 Å². The van der Waals surface area contributed by atoms with Gasteiger partial charge in [0.05, 0.1) is 0 Å². The van der Waals surface area contributed by atoms with E-state index in [2.05, 4.69) is 45.1 Å². The molecule has 1 aromatic carbocycles. The number of rotatable bonds is 4. The molecule has 0 aliphatic heterocycles. The van der Waals surface area contributed by atoms with Gasteiger partial charge in [-0.25, -0.2) is 0 Å². The van der Waals surface area contributed by atoms with Crippen LogP contribution in [0.2, 0.25) is 0 Å². The number of hydrogen-bond acceptors (Lipinski definition) is 1. The fourth-order valence-electron chi connectivity index (χ4n) is 1.16. The Labute approximate surface area is 112 Å². The average molecular weight is 379 g/mol. The number of halogens is 2. The molecule has 80 valence electrons. The van der Waals surface area contributed by atoms with Gasteiger partial charge in [0.25, 0.3) is 0 Å². The van der Waals surface area contributed by atoms with Crippen molar-refractivity contribution in [2.24, 2.45) is 0 Å². The highest BCUT2D eigenvalue weighted by molar-refractivity contribution is 14.1. The second kappa shape index (κ2) is 5.80. The van der Waals surface area contributed by atoms with Crippen LogP contribution in [0.4, 0.5) is 0 Å². The Morgan fingerprint density at radius 2 is 2.20 bits per heavy atom. The first-order valence-electron chi connectivity index (χ1n) is 4.69. The Morgan fingerprint density at radius 1 is 1.53 bits per heavy atom. The lowest BCUT2D eigenvalue weighted by Crippen LogP contribution is -2.01. The molecule has 15 heavy (non-hydrogen) atoms. The lowest BCUT2D eigenvalue weighted by Gasteiger charge is -2.05. The molecule has 0 spiro atoms. The van der Waals surface area contributed by atoms with E-state index in [1.54, 1.807) is 0 Å². The Balaban J connectivity index is 2.91. The van der Waals surface area contributed by atoms with Crippen LogP contribution in [0.5, 0.6) is 0 Å². The molecule has 1 nitrogen and oxygen atoms in total. The van der Waals surface area contributed by atoms with Gasteiger partial charge in [0.15, 0.2) is 5.78 Å². The number of hydrogen-bond donors (Lipinski definition) is 0. The summed E-state index contributed by atoms with van der Waals surface area (Å²) in [6.07, 6.45) is 1.29. The number of Topliss-reactive ketones (excluding diaryl/α,β-unsaturated/α-hetero) is 1. The first-order valence-corrected chi connectivity index (χ1v) is 6.56. The van der Waals surface area contributed by atoms with Crippen LogP contribution in [0.25, 0.3) is 0 Å². The largest absolute Gasteiger partial charge is 0.294 e. The first-order chi connectivity index (χ1) is 7.04. The van der Waals surface area contributed by atoms with Gasteiger partial charge in [-0.1, -0.05) is 35.0 Å². The molecule has 1 aromatic rings. The van der Waals surface area contributed by atoms with E-state index >= 15 is 0 Å². The molecule has 0 atom stereocenters. The van der Waals surface area contributed by atoms with Crippen LogP contribution >= 0.6 is 38.5 Å². The summed E-state index contributed by atoms with van der Waals surface area (Å²) >= 11 is 5.59. The van der Waals surface area contributed by atoms with E-state index < -0.39 is 0 Å². The van der Waals surface area contributed by atoms with Gasteiger partial charge in [-0.05, 0) is 47.2 Å². The van der Waals surface area contributed by atoms with Crippen molar-refractivity contribution in [2.45, 2.75) is 19.8 Å². The van der Waals surface area contributed by atoms with E-state index in [4.69, 9.17) is 0 Å². The van der Waals surface area contributed by atoms with Crippen LogP contribution in [0.3, 0.4) is 0 Å². The van der Waals surface area contributed by atoms with Gasteiger partial charge in [0.2, 0.25) is 0 Å². The molecule has 0 unspecified atom stereocenters. The average Bonchev–Trinajstić information content (AvgIpc) is 2.21. The van der Waals surface area contributed by atoms with E-state index in [1.807, 2.05) is 25.1 Å². The molecule has 0 bridgehead atoms. The fourth-order valence-corrected chi connectivity index (χ4v) is 2.12. The Kier molecular flexibility index (Phi) is 4.99. The molecule has 0 heterocycles. The highest BCUT2D eigenvalue weighted by Gasteiger charge is 2.11. The van der Waals surface area contributed by atoms with Gasteiger partial charge in [0.1, 0.15) is 0 Å². The topological polar surface area (TPSA) is 17.1 Å². The van der Waals surface area contributed by atoms with Crippen LogP contribution in [0.15, 0.2) is 34.8 Å². The summed E-state index contributed by atoms with van der Waals surface area (Å²) in [6, 6.07) is 5.77. The minimum atomic E-state index is 0.132. The molecule has 0 saturated carbocycles. The van der Waals surface area contributed by atoms with Crippen molar-refractivity contribution in [2.75, 3.05) is 0 Å². The number of allylic oxidation sites excluding steroid dienone is 1. The minimum absolute atomic E-state index is 0.132. The first kappa shape index (κ1) is 12.9. The zero-order valence-corrected chi connectivity index (χ0v) is 12.3. The van der Waals surface area contributed by atoms with Crippen molar-refractivity contribution in [1.29, 1.82) is 0 Å². The van der Waals surface area contributed by atoms with Crippen LogP contribution in [0, 0.1) is 3.57 Å². The summed E-state index contributed by atoms with van der Waals surface area (Å²) in [6.45, 7) is 5.87. The molecule has 3 heteroatoms. The Morgan fingerprint density at radius 3 is 2.80 bits per heavy atom. The summed E-state index contributed by atoms with van der Waals surface area (Å²) in [5, 5.41) is 0. The van der Waals surface area contributed by atoms with E-state index in [0.717, 1.165) is 25.6 Å². The lowest BCUT2D eigenvalue weighted by molar-refractivity contribution is 0.0991. The maximum absolute atomic E-state index is 11.9. The molecule has 1 rings (SSSR count). The second-order valence-electron chi connectivity index (χ2n) is 3.33. The predicted octanol–water partition coefficient (Wildman–Crippen LogP) is 4.59. The van der Waals surface area contributed by atoms with Crippen molar-refractivity contribution in [1.82, 2.24) is 0 Å². The number of benzene rings is 1. The Hall–Kier alpha value is -0.160. The molecular weight excluding hydrogens is 367 g/mol. The van der Waals surface area contributed by atoms with Gasteiger partial charge in [0, 0.05) is 20.0 Å². The standard InChI is InChI=1S/C12H12BrIO/c1-3-8(2)6-12(15)10-7-9(14)4-5-11(10)13/h4-5,7H,2-3,6H2,1H3. The zero-order valence-electron chi connectivity index (χ0n) is 8.52. The molecule has 0 amide bonds. The van der Waals surface area contributed by atoms with Crippen LogP contribution in [-0.4, -0.2) is 5.78 Å². The van der Waals surface area contributed by atoms with Gasteiger partial charge >= 0.3 is 0 Å². The lowest BCUT2D eigenvalue weighted by atomic mass is 10.0. The third kappa shape index (κ3) is 3.72. The number of ketones is 1. The minimum Gasteiger partial charge on any atom is -0.294 e. The fraction of sp³-hybridized carbons (Fsp3) is 0.250. The molecular formula is C12H12BrIO. The summed E-state index contributed by atoms with van der Waals surface area (Å²) in [5.41, 5.74) is 1.72. The third-order valence-corrected chi connectivity index (χ3v) is 3.50. The molecule has 0 fully saturated rings. The van der Waals surface area contributed by atoms with Crippen molar-refractivity contribution in [3.8, 4) is 0 Å². The van der Waals surface area contributed by atoms with Crippen molar-refractivity contribution < 1.29 is 4.79 Å². The highest BCUT2D eigenvalue weighted by atomic mass is 127. The van der Waals surface area contributed by atoms with Gasteiger partial charge in [-0.15, -0.1) is 0 Å². The molecule has 0 saturated heterocycles. The third-order valence-electron chi connectivity index (χ3n) is 2.14. The highest BCUT2D eigenvalue weighted by Crippen LogP contribution is 2.22. The maximum atomic E-state index is 11.9. The quantitative estimate of drug-likeness (QED) is 0.425. The number of carbonyl (C=O) groups is 1. The molecule has 0 aliphatic rings. The van der Waals surface area contributed by atoms with Crippen molar-refractivity contribution in [3.63, 3.8) is 0 Å². The summed E-state index contributed by atoms with van der Waals surface area (Å²) in [4.78, 5) is 11.9. The molecule has 0 N–H and O–H groups in total. The predicted molar refractivity (Wildman–Crippen MR) is 75.2 cm³/mol. The molecule has 0 radical (unpaired) electrons. The zero-order chi connectivity index (χ0) is 11.4. The second-order valence-corrected chi connectivity index (χ2v) is 5.43. The smallest absolute Gasteiger partial charge is 0.168 e. The summed E-state index contributed by atoms with van der Waals surface area (Å²) < 4.78 is 1.93. The van der Waals surface area contributed by atoms with Crippen LogP contribution in [-0.2, 0) is 0 Å². The van der Waals surface area contributed by atoms with E-state index in [-0.39, 0.29) is 5.78 Å². The maximum Gasteiger partial charge on any atom is 0.168 e. The number of carbonyl (C=O) groups excluding carboxylic acids is 1. The SMILES string of the molecule is C=C(CC)CC(=O)c1cc(I)ccc1Br. The van der Waals surface area contributed by atoms with E-state index in [9.17, 15) is 4.79 Å².